The van der Waals surface area contributed by atoms with E-state index < -0.39 is 34.9 Å². The molecule has 1 amide bonds. The van der Waals surface area contributed by atoms with Gasteiger partial charge in [-0.1, -0.05) is 0 Å². The van der Waals surface area contributed by atoms with Gasteiger partial charge in [0.25, 0.3) is 0 Å². The standard InChI is InChI=1S/C17H22F2N2O4/c1-10-9-20(5-6-21(10)16(24)25-17(2,3)4)14-8-12(18)11(15(22)23)7-13(14)19/h7-8,10H,5-6,9H2,1-4H3,(H,22,23)/t10-/m0/s1. The fraction of sp³-hybridized carbons (Fsp3) is 0.529. The van der Waals surface area contributed by atoms with Crippen LogP contribution in [0.1, 0.15) is 38.1 Å². The molecular weight excluding hydrogens is 334 g/mol. The molecular formula is C17H22F2N2O4. The van der Waals surface area contributed by atoms with Crippen LogP contribution in [0.25, 0.3) is 0 Å². The summed E-state index contributed by atoms with van der Waals surface area (Å²) in [5.41, 5.74) is -1.34. The topological polar surface area (TPSA) is 70.1 Å². The van der Waals surface area contributed by atoms with E-state index in [2.05, 4.69) is 0 Å². The molecule has 0 saturated carbocycles. The van der Waals surface area contributed by atoms with E-state index in [9.17, 15) is 18.4 Å². The number of rotatable bonds is 2. The maximum atomic E-state index is 14.2. The molecule has 1 N–H and O–H groups in total. The highest BCUT2D eigenvalue weighted by Crippen LogP contribution is 2.26. The van der Waals surface area contributed by atoms with Crippen molar-refractivity contribution < 1.29 is 28.2 Å². The number of hydrogen-bond donors (Lipinski definition) is 1. The molecule has 0 radical (unpaired) electrons. The second kappa shape index (κ2) is 6.85. The maximum Gasteiger partial charge on any atom is 0.410 e. The largest absolute Gasteiger partial charge is 0.478 e. The lowest BCUT2D eigenvalue weighted by Crippen LogP contribution is -2.55. The Morgan fingerprint density at radius 2 is 1.84 bits per heavy atom. The summed E-state index contributed by atoms with van der Waals surface area (Å²) in [7, 11) is 0. The third-order valence-electron chi connectivity index (χ3n) is 3.86. The number of hydrogen-bond acceptors (Lipinski definition) is 4. The average Bonchev–Trinajstić information content (AvgIpc) is 2.46. The summed E-state index contributed by atoms with van der Waals surface area (Å²) < 4.78 is 33.4. The molecule has 8 heteroatoms. The van der Waals surface area contributed by atoms with Gasteiger partial charge in [-0.25, -0.2) is 18.4 Å². The molecule has 138 valence electrons. The van der Waals surface area contributed by atoms with E-state index in [0.29, 0.717) is 6.07 Å². The van der Waals surface area contributed by atoms with Crippen LogP contribution in [0.3, 0.4) is 0 Å². The molecule has 25 heavy (non-hydrogen) atoms. The summed E-state index contributed by atoms with van der Waals surface area (Å²) in [5.74, 6) is -3.33. The van der Waals surface area contributed by atoms with Gasteiger partial charge in [-0.15, -0.1) is 0 Å². The van der Waals surface area contributed by atoms with Crippen molar-refractivity contribution in [3.8, 4) is 0 Å². The Kier molecular flexibility index (Phi) is 5.20. The van der Waals surface area contributed by atoms with Crippen LogP contribution in [0.2, 0.25) is 0 Å². The van der Waals surface area contributed by atoms with Crippen molar-refractivity contribution in [1.82, 2.24) is 4.90 Å². The van der Waals surface area contributed by atoms with Crippen LogP contribution in [0.4, 0.5) is 19.3 Å². The molecule has 0 spiro atoms. The number of aromatic carboxylic acids is 1. The Bertz CT molecular complexity index is 688. The minimum Gasteiger partial charge on any atom is -0.478 e. The average molecular weight is 356 g/mol. The zero-order valence-corrected chi connectivity index (χ0v) is 14.7. The molecule has 1 atom stereocenters. The molecule has 1 aliphatic heterocycles. The van der Waals surface area contributed by atoms with Gasteiger partial charge in [-0.3, -0.25) is 0 Å². The first-order valence-corrected chi connectivity index (χ1v) is 7.96. The van der Waals surface area contributed by atoms with Crippen LogP contribution in [-0.2, 0) is 4.74 Å². The van der Waals surface area contributed by atoms with Crippen LogP contribution in [0.5, 0.6) is 0 Å². The summed E-state index contributed by atoms with van der Waals surface area (Å²) in [4.78, 5) is 26.2. The van der Waals surface area contributed by atoms with Crippen molar-refractivity contribution in [3.63, 3.8) is 0 Å². The second-order valence-corrected chi connectivity index (χ2v) is 7.06. The van der Waals surface area contributed by atoms with E-state index in [1.807, 2.05) is 0 Å². The molecule has 2 rings (SSSR count). The van der Waals surface area contributed by atoms with Gasteiger partial charge in [-0.2, -0.15) is 0 Å². The Labute approximate surface area is 145 Å². The van der Waals surface area contributed by atoms with E-state index in [0.717, 1.165) is 6.07 Å². The summed E-state index contributed by atoms with van der Waals surface area (Å²) in [6, 6.07) is 1.29. The summed E-state index contributed by atoms with van der Waals surface area (Å²) >= 11 is 0. The van der Waals surface area contributed by atoms with Crippen molar-refractivity contribution >= 4 is 17.7 Å². The number of piperazine rings is 1. The van der Waals surface area contributed by atoms with E-state index in [4.69, 9.17) is 9.84 Å². The van der Waals surface area contributed by atoms with Gasteiger partial charge in [0.2, 0.25) is 0 Å². The number of benzene rings is 1. The zero-order chi connectivity index (χ0) is 18.9. The minimum atomic E-state index is -1.52. The number of carbonyl (C=O) groups is 2. The number of amides is 1. The van der Waals surface area contributed by atoms with Gasteiger partial charge in [0.15, 0.2) is 0 Å². The van der Waals surface area contributed by atoms with Crippen LogP contribution in [0, 0.1) is 11.6 Å². The Morgan fingerprint density at radius 3 is 2.36 bits per heavy atom. The van der Waals surface area contributed by atoms with Crippen molar-refractivity contribution in [1.29, 1.82) is 0 Å². The molecule has 1 saturated heterocycles. The van der Waals surface area contributed by atoms with Crippen molar-refractivity contribution in [2.45, 2.75) is 39.3 Å². The number of carbonyl (C=O) groups excluding carboxylic acids is 1. The van der Waals surface area contributed by atoms with Gasteiger partial charge in [0.05, 0.1) is 11.3 Å². The van der Waals surface area contributed by atoms with Crippen LogP contribution < -0.4 is 4.90 Å². The zero-order valence-electron chi connectivity index (χ0n) is 14.7. The number of nitrogens with zero attached hydrogens (tertiary/aromatic N) is 2. The molecule has 1 aromatic rings. The highest BCUT2D eigenvalue weighted by atomic mass is 19.1. The highest BCUT2D eigenvalue weighted by molar-refractivity contribution is 5.88. The van der Waals surface area contributed by atoms with Crippen molar-refractivity contribution in [3.05, 3.63) is 29.3 Å². The van der Waals surface area contributed by atoms with Gasteiger partial charge in [-0.05, 0) is 33.8 Å². The van der Waals surface area contributed by atoms with Crippen molar-refractivity contribution in [2.24, 2.45) is 0 Å². The van der Waals surface area contributed by atoms with Crippen LogP contribution in [-0.4, -0.2) is 53.3 Å². The highest BCUT2D eigenvalue weighted by Gasteiger charge is 2.32. The monoisotopic (exact) mass is 356 g/mol. The minimum absolute atomic E-state index is 0.0156. The fourth-order valence-corrected chi connectivity index (χ4v) is 2.71. The third kappa shape index (κ3) is 4.37. The molecule has 0 aliphatic carbocycles. The van der Waals surface area contributed by atoms with Crippen LogP contribution >= 0.6 is 0 Å². The lowest BCUT2D eigenvalue weighted by molar-refractivity contribution is 0.0158. The summed E-state index contributed by atoms with van der Waals surface area (Å²) in [5, 5.41) is 8.84. The van der Waals surface area contributed by atoms with E-state index in [1.54, 1.807) is 37.5 Å². The van der Waals surface area contributed by atoms with Crippen LogP contribution in [0.15, 0.2) is 12.1 Å². The molecule has 1 aliphatic rings. The Morgan fingerprint density at radius 1 is 1.20 bits per heavy atom. The van der Waals surface area contributed by atoms with E-state index >= 15 is 0 Å². The Balaban J connectivity index is 2.14. The number of ether oxygens (including phenoxy) is 1. The molecule has 1 heterocycles. The van der Waals surface area contributed by atoms with Gasteiger partial charge in [0, 0.05) is 31.7 Å². The first-order valence-electron chi connectivity index (χ1n) is 7.96. The van der Waals surface area contributed by atoms with E-state index in [-0.39, 0.29) is 31.4 Å². The third-order valence-corrected chi connectivity index (χ3v) is 3.86. The first-order chi connectivity index (χ1) is 11.5. The Hall–Kier alpha value is -2.38. The fourth-order valence-electron chi connectivity index (χ4n) is 2.71. The lowest BCUT2D eigenvalue weighted by atomic mass is 10.1. The first kappa shape index (κ1) is 19.0. The quantitative estimate of drug-likeness (QED) is 0.882. The lowest BCUT2D eigenvalue weighted by Gasteiger charge is -2.41. The molecule has 0 bridgehead atoms. The number of anilines is 1. The van der Waals surface area contributed by atoms with Gasteiger partial charge >= 0.3 is 12.1 Å². The summed E-state index contributed by atoms with van der Waals surface area (Å²) in [6.45, 7) is 7.96. The number of carboxylic acid groups (broad SMARTS) is 1. The van der Waals surface area contributed by atoms with Gasteiger partial charge < -0.3 is 19.6 Å². The number of halogens is 2. The molecule has 1 fully saturated rings. The van der Waals surface area contributed by atoms with E-state index in [1.165, 1.54) is 0 Å². The number of carboxylic acids is 1. The molecule has 0 unspecified atom stereocenters. The SMILES string of the molecule is C[C@H]1CN(c2cc(F)c(C(=O)O)cc2F)CCN1C(=O)OC(C)(C)C. The predicted octanol–water partition coefficient (Wildman–Crippen LogP) is 3.11. The second-order valence-electron chi connectivity index (χ2n) is 7.06. The molecule has 1 aromatic carbocycles. The molecule has 6 nitrogen and oxygen atoms in total. The van der Waals surface area contributed by atoms with Gasteiger partial charge in [0.1, 0.15) is 17.2 Å². The normalized spacial score (nSPS) is 18.2. The maximum absolute atomic E-state index is 14.2. The van der Waals surface area contributed by atoms with Crippen molar-refractivity contribution in [2.75, 3.05) is 24.5 Å². The smallest absolute Gasteiger partial charge is 0.410 e. The summed E-state index contributed by atoms with van der Waals surface area (Å²) in [6.07, 6.45) is -0.451. The predicted molar refractivity (Wildman–Crippen MR) is 87.9 cm³/mol. The molecule has 0 aromatic heterocycles.